The SMILES string of the molecule is CC(C)NC(=O)Nc1ccc2c(c1)CC(=O)N([C@@H](C)CO)C[C@@H](C)[C@@H](CN(C)Cc1ccc3c(c1)OCO3)O2. The minimum Gasteiger partial charge on any atom is -0.488 e. The summed E-state index contributed by atoms with van der Waals surface area (Å²) in [5.74, 6) is 2.02. The van der Waals surface area contributed by atoms with E-state index in [1.54, 1.807) is 17.0 Å². The van der Waals surface area contributed by atoms with Gasteiger partial charge in [0, 0.05) is 42.8 Å². The number of likely N-dealkylation sites (N-methyl/N-ethyl adjacent to an activating group) is 1. The van der Waals surface area contributed by atoms with E-state index in [9.17, 15) is 14.7 Å². The van der Waals surface area contributed by atoms with Gasteiger partial charge >= 0.3 is 6.03 Å². The Bertz CT molecular complexity index is 1170. The lowest BCUT2D eigenvalue weighted by molar-refractivity contribution is -0.134. The number of nitrogens with zero attached hydrogens (tertiary/aromatic N) is 2. The van der Waals surface area contributed by atoms with Gasteiger partial charge in [-0.1, -0.05) is 13.0 Å². The number of aliphatic hydroxyl groups is 1. The third-order valence-electron chi connectivity index (χ3n) is 6.98. The molecule has 212 valence electrons. The second-order valence-electron chi connectivity index (χ2n) is 10.8. The maximum atomic E-state index is 13.4. The van der Waals surface area contributed by atoms with Gasteiger partial charge in [-0.05, 0) is 63.7 Å². The zero-order valence-electron chi connectivity index (χ0n) is 23.4. The number of aliphatic hydroxyl groups excluding tert-OH is 1. The number of fused-ring (bicyclic) bond motifs is 2. The average Bonchev–Trinajstić information content (AvgIpc) is 3.35. The summed E-state index contributed by atoms with van der Waals surface area (Å²) < 4.78 is 17.5. The van der Waals surface area contributed by atoms with Gasteiger partial charge in [0.25, 0.3) is 0 Å². The molecule has 0 fully saturated rings. The van der Waals surface area contributed by atoms with Crippen LogP contribution in [0.1, 0.15) is 38.8 Å². The second-order valence-corrected chi connectivity index (χ2v) is 10.8. The number of carbonyl (C=O) groups is 2. The van der Waals surface area contributed by atoms with Gasteiger partial charge in [-0.15, -0.1) is 0 Å². The normalized spacial score (nSPS) is 19.6. The van der Waals surface area contributed by atoms with Crippen LogP contribution in [0, 0.1) is 5.92 Å². The van der Waals surface area contributed by atoms with E-state index in [-0.39, 0.29) is 55.9 Å². The molecule has 0 saturated heterocycles. The van der Waals surface area contributed by atoms with Gasteiger partial charge in [0.2, 0.25) is 12.7 Å². The number of nitrogens with one attached hydrogen (secondary N) is 2. The fourth-order valence-corrected chi connectivity index (χ4v) is 4.88. The summed E-state index contributed by atoms with van der Waals surface area (Å²) in [6, 6.07) is 10.7. The molecule has 0 aromatic heterocycles. The Labute approximate surface area is 230 Å². The number of ether oxygens (including phenoxy) is 3. The summed E-state index contributed by atoms with van der Waals surface area (Å²) in [4.78, 5) is 29.6. The number of amides is 3. The summed E-state index contributed by atoms with van der Waals surface area (Å²) >= 11 is 0. The lowest BCUT2D eigenvalue weighted by atomic mass is 10.0. The van der Waals surface area contributed by atoms with Crippen LogP contribution in [0.5, 0.6) is 17.2 Å². The van der Waals surface area contributed by atoms with E-state index >= 15 is 0 Å². The molecular weight excluding hydrogens is 500 g/mol. The van der Waals surface area contributed by atoms with Crippen molar-refractivity contribution in [3.8, 4) is 17.2 Å². The summed E-state index contributed by atoms with van der Waals surface area (Å²) in [6.07, 6.45) is -0.127. The lowest BCUT2D eigenvalue weighted by Crippen LogP contribution is -2.47. The maximum absolute atomic E-state index is 13.4. The first-order valence-corrected chi connectivity index (χ1v) is 13.5. The first kappa shape index (κ1) is 28.5. The van der Waals surface area contributed by atoms with Crippen LogP contribution in [0.2, 0.25) is 0 Å². The Morgan fingerprint density at radius 3 is 2.62 bits per heavy atom. The number of rotatable bonds is 8. The van der Waals surface area contributed by atoms with Crippen molar-refractivity contribution >= 4 is 17.6 Å². The average molecular weight is 541 g/mol. The zero-order chi connectivity index (χ0) is 28.1. The van der Waals surface area contributed by atoms with Crippen molar-refractivity contribution in [1.29, 1.82) is 0 Å². The van der Waals surface area contributed by atoms with Gasteiger partial charge in [0.1, 0.15) is 11.9 Å². The molecule has 2 aliphatic heterocycles. The fraction of sp³-hybridized carbons (Fsp3) is 0.517. The van der Waals surface area contributed by atoms with E-state index in [2.05, 4.69) is 22.5 Å². The molecule has 10 heteroatoms. The molecule has 4 rings (SSSR count). The highest BCUT2D eigenvalue weighted by molar-refractivity contribution is 5.90. The third kappa shape index (κ3) is 7.33. The molecule has 2 aliphatic rings. The molecular formula is C29H40N4O6. The quantitative estimate of drug-likeness (QED) is 0.471. The van der Waals surface area contributed by atoms with E-state index < -0.39 is 0 Å². The lowest BCUT2D eigenvalue weighted by Gasteiger charge is -2.34. The minimum absolute atomic E-state index is 0.00631. The molecule has 39 heavy (non-hydrogen) atoms. The van der Waals surface area contributed by atoms with Gasteiger partial charge in [0.05, 0.1) is 19.1 Å². The van der Waals surface area contributed by atoms with Crippen molar-refractivity contribution in [2.24, 2.45) is 5.92 Å². The van der Waals surface area contributed by atoms with E-state index in [1.807, 2.05) is 52.1 Å². The van der Waals surface area contributed by atoms with Crippen LogP contribution < -0.4 is 24.8 Å². The molecule has 2 aromatic rings. The van der Waals surface area contributed by atoms with Crippen molar-refractivity contribution < 1.29 is 28.9 Å². The number of carbonyl (C=O) groups excluding carboxylic acids is 2. The third-order valence-corrected chi connectivity index (χ3v) is 6.98. The number of urea groups is 1. The zero-order valence-corrected chi connectivity index (χ0v) is 23.4. The molecule has 2 heterocycles. The summed E-state index contributed by atoms with van der Waals surface area (Å²) in [6.45, 7) is 9.55. The van der Waals surface area contributed by atoms with Crippen molar-refractivity contribution in [3.05, 3.63) is 47.5 Å². The van der Waals surface area contributed by atoms with Gasteiger partial charge in [-0.25, -0.2) is 4.79 Å². The van der Waals surface area contributed by atoms with Gasteiger partial charge in [-0.2, -0.15) is 0 Å². The Kier molecular flexibility index (Phi) is 9.19. The Hall–Kier alpha value is -3.50. The predicted octanol–water partition coefficient (Wildman–Crippen LogP) is 3.23. The van der Waals surface area contributed by atoms with Crippen LogP contribution in [0.15, 0.2) is 36.4 Å². The molecule has 10 nitrogen and oxygen atoms in total. The number of anilines is 1. The van der Waals surface area contributed by atoms with E-state index in [1.165, 1.54) is 0 Å². The van der Waals surface area contributed by atoms with Crippen molar-refractivity contribution in [3.63, 3.8) is 0 Å². The van der Waals surface area contributed by atoms with Gasteiger partial charge in [-0.3, -0.25) is 9.69 Å². The van der Waals surface area contributed by atoms with Crippen LogP contribution in [0.25, 0.3) is 0 Å². The molecule has 0 bridgehead atoms. The summed E-state index contributed by atoms with van der Waals surface area (Å²) in [5, 5.41) is 15.5. The molecule has 0 unspecified atom stereocenters. The Balaban J connectivity index is 1.56. The first-order chi connectivity index (χ1) is 18.6. The number of hydrogen-bond donors (Lipinski definition) is 3. The standard InChI is InChI=1S/C29H40N4O6/c1-18(2)30-29(36)31-23-7-9-24-22(11-23)12-28(35)33(20(4)16-34)13-19(3)27(39-24)15-32(5)14-21-6-8-25-26(10-21)38-17-37-25/h6-11,18-20,27,34H,12-17H2,1-5H3,(H2,30,31,36)/t19-,20+,27-/m1/s1. The highest BCUT2D eigenvalue weighted by Gasteiger charge is 2.31. The Morgan fingerprint density at radius 1 is 1.13 bits per heavy atom. The molecule has 2 aromatic carbocycles. The van der Waals surface area contributed by atoms with E-state index in [0.717, 1.165) is 17.1 Å². The van der Waals surface area contributed by atoms with E-state index in [4.69, 9.17) is 14.2 Å². The van der Waals surface area contributed by atoms with Gasteiger partial charge in [0.15, 0.2) is 11.5 Å². The highest BCUT2D eigenvalue weighted by Crippen LogP contribution is 2.33. The molecule has 0 radical (unpaired) electrons. The van der Waals surface area contributed by atoms with Crippen LogP contribution in [-0.4, -0.2) is 78.6 Å². The van der Waals surface area contributed by atoms with Crippen LogP contribution in [-0.2, 0) is 17.8 Å². The maximum Gasteiger partial charge on any atom is 0.319 e. The monoisotopic (exact) mass is 540 g/mol. The molecule has 3 N–H and O–H groups in total. The first-order valence-electron chi connectivity index (χ1n) is 13.5. The van der Waals surface area contributed by atoms with Crippen molar-refractivity contribution in [2.75, 3.05) is 38.9 Å². The largest absolute Gasteiger partial charge is 0.488 e. The fourth-order valence-electron chi connectivity index (χ4n) is 4.88. The smallest absolute Gasteiger partial charge is 0.319 e. The van der Waals surface area contributed by atoms with Crippen molar-refractivity contribution in [2.45, 2.75) is 58.8 Å². The molecule has 3 atom stereocenters. The summed E-state index contributed by atoms with van der Waals surface area (Å²) in [7, 11) is 2.04. The molecule has 0 spiro atoms. The van der Waals surface area contributed by atoms with Crippen molar-refractivity contribution in [1.82, 2.24) is 15.1 Å². The molecule has 3 amide bonds. The van der Waals surface area contributed by atoms with Gasteiger partial charge < -0.3 is 34.9 Å². The second kappa shape index (κ2) is 12.6. The van der Waals surface area contributed by atoms with Crippen LogP contribution >= 0.6 is 0 Å². The van der Waals surface area contributed by atoms with E-state index in [0.29, 0.717) is 36.6 Å². The number of hydrogen-bond acceptors (Lipinski definition) is 7. The molecule has 0 aliphatic carbocycles. The minimum atomic E-state index is -0.327. The molecule has 0 saturated carbocycles. The Morgan fingerprint density at radius 2 is 1.87 bits per heavy atom. The van der Waals surface area contributed by atoms with Crippen LogP contribution in [0.4, 0.5) is 10.5 Å². The highest BCUT2D eigenvalue weighted by atomic mass is 16.7. The number of benzene rings is 2. The van der Waals surface area contributed by atoms with Crippen LogP contribution in [0.3, 0.4) is 0 Å². The topological polar surface area (TPSA) is 113 Å². The summed E-state index contributed by atoms with van der Waals surface area (Å²) in [5.41, 5.74) is 2.36. The predicted molar refractivity (Wildman–Crippen MR) is 148 cm³/mol.